The van der Waals surface area contributed by atoms with Gasteiger partial charge in [-0.2, -0.15) is 4.13 Å². The van der Waals surface area contributed by atoms with Crippen LogP contribution in [0.1, 0.15) is 0 Å². The maximum absolute atomic E-state index is 4.47. The van der Waals surface area contributed by atoms with Gasteiger partial charge in [-0.1, -0.05) is 12.1 Å². The molecule has 0 saturated heterocycles. The average Bonchev–Trinajstić information content (AvgIpc) is 2.61. The molecule has 2 heterocycles. The van der Waals surface area contributed by atoms with Crippen molar-refractivity contribution in [3.63, 3.8) is 0 Å². The van der Waals surface area contributed by atoms with Gasteiger partial charge < -0.3 is 0 Å². The fourth-order valence-electron chi connectivity index (χ4n) is 1.20. The van der Waals surface area contributed by atoms with Gasteiger partial charge >= 0.3 is 0 Å². The van der Waals surface area contributed by atoms with E-state index < -0.39 is 0 Å². The Hall–Kier alpha value is -0.780. The molecule has 3 rings (SSSR count). The van der Waals surface area contributed by atoms with Crippen molar-refractivity contribution in [2.24, 2.45) is 0 Å². The first-order valence-corrected chi connectivity index (χ1v) is 5.42. The van der Waals surface area contributed by atoms with Crippen LogP contribution < -0.4 is 4.13 Å². The van der Waals surface area contributed by atoms with Gasteiger partial charge in [0, 0.05) is 0 Å². The summed E-state index contributed by atoms with van der Waals surface area (Å²) in [6.07, 6.45) is 0. The van der Waals surface area contributed by atoms with Gasteiger partial charge in [-0.3, -0.25) is 0 Å². The fourth-order valence-corrected chi connectivity index (χ4v) is 2.80. The van der Waals surface area contributed by atoms with Gasteiger partial charge in [0.1, 0.15) is 10.1 Å². The van der Waals surface area contributed by atoms with E-state index in [0.29, 0.717) is 0 Å². The maximum atomic E-state index is 4.47. The van der Waals surface area contributed by atoms with Crippen LogP contribution in [0.4, 0.5) is 0 Å². The van der Waals surface area contributed by atoms with Crippen molar-refractivity contribution < 1.29 is 0 Å². The lowest BCUT2D eigenvalue weighted by molar-refractivity contribution is 0.981. The van der Waals surface area contributed by atoms with Crippen molar-refractivity contribution in [2.45, 2.75) is 10.1 Å². The van der Waals surface area contributed by atoms with Crippen LogP contribution in [-0.4, -0.2) is 9.97 Å². The zero-order valence-corrected chi connectivity index (χ0v) is 8.15. The lowest BCUT2D eigenvalue weighted by atomic mass is 10.3. The number of hydrogen-bond donors (Lipinski definition) is 1. The second kappa shape index (κ2) is 2.87. The van der Waals surface area contributed by atoms with Crippen LogP contribution in [0, 0.1) is 0 Å². The monoisotopic (exact) mass is 207 g/mol. The Kier molecular flexibility index (Phi) is 1.68. The SMILES string of the molecule is c1ccc2nc3c(nc2c1)SNS3. The molecule has 0 bridgehead atoms. The van der Waals surface area contributed by atoms with Gasteiger partial charge in [0.05, 0.1) is 11.0 Å². The molecule has 3 nitrogen and oxygen atoms in total. The lowest BCUT2D eigenvalue weighted by Crippen LogP contribution is -1.86. The fraction of sp³-hybridized carbons (Fsp3) is 0. The topological polar surface area (TPSA) is 37.8 Å². The van der Waals surface area contributed by atoms with Crippen LogP contribution in [-0.2, 0) is 0 Å². The average molecular weight is 207 g/mol. The van der Waals surface area contributed by atoms with Crippen molar-refractivity contribution in [1.82, 2.24) is 14.1 Å². The minimum atomic E-state index is 0.957. The van der Waals surface area contributed by atoms with E-state index in [0.717, 1.165) is 21.1 Å². The van der Waals surface area contributed by atoms with Gasteiger partial charge in [0.25, 0.3) is 0 Å². The van der Waals surface area contributed by atoms with Crippen LogP contribution >= 0.6 is 23.9 Å². The Bertz CT molecular complexity index is 429. The van der Waals surface area contributed by atoms with Crippen LogP contribution in [0.3, 0.4) is 0 Å². The Morgan fingerprint density at radius 3 is 2.00 bits per heavy atom. The van der Waals surface area contributed by atoms with Crippen molar-refractivity contribution >= 4 is 34.9 Å². The summed E-state index contributed by atoms with van der Waals surface area (Å²) in [4.78, 5) is 8.95. The molecule has 0 aliphatic carbocycles. The molecular formula is C8H5N3S2. The van der Waals surface area contributed by atoms with E-state index in [4.69, 9.17) is 0 Å². The zero-order chi connectivity index (χ0) is 8.67. The first kappa shape index (κ1) is 7.61. The number of rotatable bonds is 0. The molecule has 1 aromatic heterocycles. The minimum Gasteiger partial charge on any atom is -0.236 e. The third-order valence-electron chi connectivity index (χ3n) is 1.79. The summed E-state index contributed by atoms with van der Waals surface area (Å²) in [5.41, 5.74) is 1.91. The molecule has 1 aromatic carbocycles. The molecule has 1 aliphatic heterocycles. The highest BCUT2D eigenvalue weighted by atomic mass is 32.2. The molecule has 0 radical (unpaired) electrons. The first-order valence-electron chi connectivity index (χ1n) is 3.79. The molecule has 0 unspecified atom stereocenters. The second-order valence-corrected chi connectivity index (χ2v) is 4.46. The van der Waals surface area contributed by atoms with Gasteiger partial charge in [-0.25, -0.2) is 9.97 Å². The highest BCUT2D eigenvalue weighted by Crippen LogP contribution is 2.34. The Morgan fingerprint density at radius 1 is 0.923 bits per heavy atom. The van der Waals surface area contributed by atoms with E-state index in [1.165, 1.54) is 23.9 Å². The van der Waals surface area contributed by atoms with Crippen LogP contribution in [0.25, 0.3) is 11.0 Å². The van der Waals surface area contributed by atoms with Crippen molar-refractivity contribution in [3.05, 3.63) is 24.3 Å². The van der Waals surface area contributed by atoms with Gasteiger partial charge in [-0.15, -0.1) is 0 Å². The third kappa shape index (κ3) is 1.20. The number of hydrogen-bond acceptors (Lipinski definition) is 5. The first-order chi connectivity index (χ1) is 6.43. The number of para-hydroxylation sites is 2. The molecular weight excluding hydrogens is 202 g/mol. The quantitative estimate of drug-likeness (QED) is 0.671. The molecule has 1 N–H and O–H groups in total. The molecule has 64 valence electrons. The number of fused-ring (bicyclic) bond motifs is 2. The van der Waals surface area contributed by atoms with E-state index in [1.807, 2.05) is 24.3 Å². The molecule has 0 amide bonds. The molecule has 0 saturated carbocycles. The highest BCUT2D eigenvalue weighted by molar-refractivity contribution is 8.15. The molecule has 13 heavy (non-hydrogen) atoms. The van der Waals surface area contributed by atoms with E-state index in [2.05, 4.69) is 14.1 Å². The summed E-state index contributed by atoms with van der Waals surface area (Å²) in [5.74, 6) is 0. The van der Waals surface area contributed by atoms with Gasteiger partial charge in [0.15, 0.2) is 0 Å². The predicted octanol–water partition coefficient (Wildman–Crippen LogP) is 2.25. The van der Waals surface area contributed by atoms with Gasteiger partial charge in [0.2, 0.25) is 0 Å². The summed E-state index contributed by atoms with van der Waals surface area (Å²) in [6, 6.07) is 7.91. The largest absolute Gasteiger partial charge is 0.236 e. The van der Waals surface area contributed by atoms with Crippen molar-refractivity contribution in [2.75, 3.05) is 0 Å². The smallest absolute Gasteiger partial charge is 0.146 e. The van der Waals surface area contributed by atoms with Gasteiger partial charge in [-0.05, 0) is 36.0 Å². The zero-order valence-electron chi connectivity index (χ0n) is 6.52. The number of nitrogens with one attached hydrogen (secondary N) is 1. The van der Waals surface area contributed by atoms with E-state index in [-0.39, 0.29) is 0 Å². The Labute approximate surface area is 83.6 Å². The van der Waals surface area contributed by atoms with Crippen LogP contribution in [0.2, 0.25) is 0 Å². The summed E-state index contributed by atoms with van der Waals surface area (Å²) >= 11 is 3.04. The highest BCUT2D eigenvalue weighted by Gasteiger charge is 2.15. The minimum absolute atomic E-state index is 0.957. The number of nitrogens with zero attached hydrogens (tertiary/aromatic N) is 2. The van der Waals surface area contributed by atoms with Crippen molar-refractivity contribution in [3.8, 4) is 0 Å². The molecule has 0 atom stereocenters. The Morgan fingerprint density at radius 2 is 1.46 bits per heavy atom. The predicted molar refractivity (Wildman–Crippen MR) is 54.4 cm³/mol. The summed E-state index contributed by atoms with van der Waals surface area (Å²) in [7, 11) is 0. The summed E-state index contributed by atoms with van der Waals surface area (Å²) in [5, 5.41) is 1.95. The molecule has 5 heteroatoms. The maximum Gasteiger partial charge on any atom is 0.146 e. The Balaban J connectivity index is 2.36. The van der Waals surface area contributed by atoms with E-state index >= 15 is 0 Å². The van der Waals surface area contributed by atoms with Crippen LogP contribution in [0.15, 0.2) is 34.3 Å². The lowest BCUT2D eigenvalue weighted by Gasteiger charge is -1.97. The summed E-state index contributed by atoms with van der Waals surface area (Å²) in [6.45, 7) is 0. The van der Waals surface area contributed by atoms with Crippen LogP contribution in [0.5, 0.6) is 0 Å². The molecule has 0 spiro atoms. The standard InChI is InChI=1S/C8H5N3S2/c1-2-4-6-5(3-1)9-7-8(10-6)13-11-12-7/h1-4,11H. The molecule has 2 aromatic rings. The number of benzene rings is 1. The van der Waals surface area contributed by atoms with E-state index in [1.54, 1.807) is 0 Å². The van der Waals surface area contributed by atoms with E-state index in [9.17, 15) is 0 Å². The summed E-state index contributed by atoms with van der Waals surface area (Å²) < 4.78 is 3.07. The number of aromatic nitrogens is 2. The second-order valence-electron chi connectivity index (χ2n) is 2.61. The van der Waals surface area contributed by atoms with Crippen molar-refractivity contribution in [1.29, 1.82) is 0 Å². The third-order valence-corrected chi connectivity index (χ3v) is 3.54. The normalized spacial score (nSPS) is 14.8. The molecule has 1 aliphatic rings. The molecule has 0 fully saturated rings.